The number of aromatic hydroxyl groups is 1. The highest BCUT2D eigenvalue weighted by molar-refractivity contribution is 5.96. The van der Waals surface area contributed by atoms with E-state index in [1.165, 1.54) is 0 Å². The molecular formula is C16H22N2O3. The number of phenols is 1. The number of hydrogen-bond acceptors (Lipinski definition) is 4. The minimum absolute atomic E-state index is 0.0781. The zero-order valence-corrected chi connectivity index (χ0v) is 12.3. The van der Waals surface area contributed by atoms with Crippen molar-refractivity contribution in [1.82, 2.24) is 5.32 Å². The van der Waals surface area contributed by atoms with Gasteiger partial charge in [-0.1, -0.05) is 12.1 Å². The van der Waals surface area contributed by atoms with Gasteiger partial charge in [-0.05, 0) is 50.9 Å². The van der Waals surface area contributed by atoms with E-state index in [4.69, 9.17) is 4.74 Å². The number of morpholine rings is 1. The van der Waals surface area contributed by atoms with E-state index in [0.717, 1.165) is 25.9 Å². The second-order valence-corrected chi connectivity index (χ2v) is 6.09. The number of para-hydroxylation sites is 2. The summed E-state index contributed by atoms with van der Waals surface area (Å²) >= 11 is 0. The van der Waals surface area contributed by atoms with Crippen LogP contribution in [0.1, 0.15) is 19.8 Å². The molecule has 2 heterocycles. The summed E-state index contributed by atoms with van der Waals surface area (Å²) in [5.41, 5.74) is 0.226. The van der Waals surface area contributed by atoms with Gasteiger partial charge in [-0.3, -0.25) is 4.79 Å². The maximum atomic E-state index is 12.2. The Morgan fingerprint density at radius 2 is 2.05 bits per heavy atom. The van der Waals surface area contributed by atoms with Crippen LogP contribution in [-0.2, 0) is 9.53 Å². The van der Waals surface area contributed by atoms with Crippen molar-refractivity contribution in [2.75, 3.05) is 31.1 Å². The fourth-order valence-electron chi connectivity index (χ4n) is 3.34. The average molecular weight is 290 g/mol. The van der Waals surface area contributed by atoms with Crippen LogP contribution < -0.4 is 10.2 Å². The molecular weight excluding hydrogens is 268 g/mol. The lowest BCUT2D eigenvalue weighted by molar-refractivity contribution is -0.144. The summed E-state index contributed by atoms with van der Waals surface area (Å²) in [6, 6.07) is 6.98. The molecule has 2 aliphatic heterocycles. The third kappa shape index (κ3) is 2.76. The van der Waals surface area contributed by atoms with Gasteiger partial charge >= 0.3 is 0 Å². The van der Waals surface area contributed by atoms with Gasteiger partial charge in [-0.25, -0.2) is 0 Å². The highest BCUT2D eigenvalue weighted by Crippen LogP contribution is 2.36. The highest BCUT2D eigenvalue weighted by Gasteiger charge is 2.43. The van der Waals surface area contributed by atoms with Gasteiger partial charge in [-0.2, -0.15) is 0 Å². The topological polar surface area (TPSA) is 61.8 Å². The van der Waals surface area contributed by atoms with E-state index in [1.807, 2.05) is 6.07 Å². The average Bonchev–Trinajstić information content (AvgIpc) is 2.52. The summed E-state index contributed by atoms with van der Waals surface area (Å²) in [7, 11) is 0. The number of ether oxygens (including phenoxy) is 1. The van der Waals surface area contributed by atoms with Crippen LogP contribution in [0.2, 0.25) is 0 Å². The predicted octanol–water partition coefficient (Wildman–Crippen LogP) is 1.51. The molecule has 21 heavy (non-hydrogen) atoms. The lowest BCUT2D eigenvalue weighted by atomic mass is 9.81. The van der Waals surface area contributed by atoms with E-state index >= 15 is 0 Å². The molecule has 0 aliphatic carbocycles. The summed E-state index contributed by atoms with van der Waals surface area (Å²) in [5, 5.41) is 13.4. The number of carbonyl (C=O) groups is 1. The van der Waals surface area contributed by atoms with Gasteiger partial charge < -0.3 is 20.1 Å². The Balaban J connectivity index is 1.84. The summed E-state index contributed by atoms with van der Waals surface area (Å²) in [4.78, 5) is 13.9. The third-order valence-corrected chi connectivity index (χ3v) is 4.67. The number of piperidine rings is 1. The van der Waals surface area contributed by atoms with Crippen molar-refractivity contribution in [3.05, 3.63) is 24.3 Å². The van der Waals surface area contributed by atoms with Crippen molar-refractivity contribution in [3.8, 4) is 5.75 Å². The molecule has 2 N–H and O–H groups in total. The van der Waals surface area contributed by atoms with Gasteiger partial charge in [0.25, 0.3) is 5.91 Å². The molecule has 114 valence electrons. The number of anilines is 1. The minimum Gasteiger partial charge on any atom is -0.506 e. The van der Waals surface area contributed by atoms with Crippen LogP contribution in [0.15, 0.2) is 24.3 Å². The molecule has 1 unspecified atom stereocenters. The minimum atomic E-state index is -0.349. The molecule has 2 aliphatic rings. The highest BCUT2D eigenvalue weighted by atomic mass is 16.5. The van der Waals surface area contributed by atoms with Gasteiger partial charge in [0.15, 0.2) is 0 Å². The zero-order valence-electron chi connectivity index (χ0n) is 12.3. The fourth-order valence-corrected chi connectivity index (χ4v) is 3.34. The van der Waals surface area contributed by atoms with Gasteiger partial charge in [0.05, 0.1) is 17.8 Å². The molecule has 0 saturated carbocycles. The first-order chi connectivity index (χ1) is 10.1. The maximum absolute atomic E-state index is 12.2. The summed E-state index contributed by atoms with van der Waals surface area (Å²) < 4.78 is 5.91. The van der Waals surface area contributed by atoms with Crippen molar-refractivity contribution < 1.29 is 14.6 Å². The Morgan fingerprint density at radius 1 is 1.33 bits per heavy atom. The van der Waals surface area contributed by atoms with Gasteiger partial charge in [0.2, 0.25) is 0 Å². The van der Waals surface area contributed by atoms with Crippen molar-refractivity contribution in [3.63, 3.8) is 0 Å². The molecule has 1 amide bonds. The molecule has 2 saturated heterocycles. The molecule has 0 spiro atoms. The number of benzene rings is 1. The fraction of sp³-hybridized carbons (Fsp3) is 0.562. The van der Waals surface area contributed by atoms with Crippen molar-refractivity contribution in [2.24, 2.45) is 5.92 Å². The number of amides is 1. The number of rotatable bonds is 2. The van der Waals surface area contributed by atoms with E-state index in [0.29, 0.717) is 18.2 Å². The number of nitrogens with zero attached hydrogens (tertiary/aromatic N) is 1. The second kappa shape index (κ2) is 5.66. The molecule has 1 aromatic carbocycles. The lowest BCUT2D eigenvalue weighted by Gasteiger charge is -2.46. The summed E-state index contributed by atoms with van der Waals surface area (Å²) in [6.07, 6.45) is 2.11. The van der Waals surface area contributed by atoms with E-state index in [9.17, 15) is 9.90 Å². The normalized spacial score (nSPS) is 27.9. The van der Waals surface area contributed by atoms with E-state index in [-0.39, 0.29) is 23.9 Å². The molecule has 3 rings (SSSR count). The standard InChI is InChI=1S/C16H22N2O3/c1-16(12-6-8-17-9-7-12)11-18(15(20)10-21-16)13-4-2-3-5-14(13)19/h2-5,12,17,19H,6-11H2,1H3. The lowest BCUT2D eigenvalue weighted by Crippen LogP contribution is -2.58. The third-order valence-electron chi connectivity index (χ3n) is 4.67. The van der Waals surface area contributed by atoms with E-state index < -0.39 is 0 Å². The van der Waals surface area contributed by atoms with E-state index in [2.05, 4.69) is 12.2 Å². The van der Waals surface area contributed by atoms with Crippen LogP contribution in [0.25, 0.3) is 0 Å². The first-order valence-corrected chi connectivity index (χ1v) is 7.53. The Labute approximate surface area is 124 Å². The SMILES string of the molecule is CC1(C2CCNCC2)CN(c2ccccc2O)C(=O)CO1. The molecule has 0 radical (unpaired) electrons. The van der Waals surface area contributed by atoms with Gasteiger partial charge in [0, 0.05) is 0 Å². The Kier molecular flexibility index (Phi) is 3.87. The van der Waals surface area contributed by atoms with Crippen LogP contribution in [0, 0.1) is 5.92 Å². The molecule has 5 nitrogen and oxygen atoms in total. The Morgan fingerprint density at radius 3 is 2.76 bits per heavy atom. The van der Waals surface area contributed by atoms with Crippen LogP contribution in [-0.4, -0.2) is 42.9 Å². The molecule has 0 bridgehead atoms. The van der Waals surface area contributed by atoms with Crippen molar-refractivity contribution >= 4 is 11.6 Å². The number of phenolic OH excluding ortho intramolecular Hbond substituents is 1. The molecule has 5 heteroatoms. The predicted molar refractivity (Wildman–Crippen MR) is 80.4 cm³/mol. The second-order valence-electron chi connectivity index (χ2n) is 6.09. The van der Waals surface area contributed by atoms with E-state index in [1.54, 1.807) is 23.1 Å². The Bertz CT molecular complexity index is 528. The number of carbonyl (C=O) groups excluding carboxylic acids is 1. The molecule has 1 aromatic rings. The molecule has 1 atom stereocenters. The Hall–Kier alpha value is -1.59. The molecule has 0 aromatic heterocycles. The zero-order chi connectivity index (χ0) is 14.9. The monoisotopic (exact) mass is 290 g/mol. The first kappa shape index (κ1) is 14.4. The van der Waals surface area contributed by atoms with Crippen LogP contribution >= 0.6 is 0 Å². The van der Waals surface area contributed by atoms with Crippen LogP contribution in [0.5, 0.6) is 5.75 Å². The smallest absolute Gasteiger partial charge is 0.253 e. The summed E-state index contributed by atoms with van der Waals surface area (Å²) in [6.45, 7) is 4.65. The summed E-state index contributed by atoms with van der Waals surface area (Å²) in [5.74, 6) is 0.475. The van der Waals surface area contributed by atoms with Crippen molar-refractivity contribution in [1.29, 1.82) is 0 Å². The number of nitrogens with one attached hydrogen (secondary N) is 1. The largest absolute Gasteiger partial charge is 0.506 e. The van der Waals surface area contributed by atoms with Gasteiger partial charge in [-0.15, -0.1) is 0 Å². The maximum Gasteiger partial charge on any atom is 0.253 e. The number of hydrogen-bond donors (Lipinski definition) is 2. The quantitative estimate of drug-likeness (QED) is 0.867. The van der Waals surface area contributed by atoms with Gasteiger partial charge in [0.1, 0.15) is 12.4 Å². The first-order valence-electron chi connectivity index (χ1n) is 7.53. The van der Waals surface area contributed by atoms with Crippen molar-refractivity contribution in [2.45, 2.75) is 25.4 Å². The van der Waals surface area contributed by atoms with Crippen LogP contribution in [0.3, 0.4) is 0 Å². The van der Waals surface area contributed by atoms with Crippen LogP contribution in [0.4, 0.5) is 5.69 Å². The molecule has 2 fully saturated rings.